The highest BCUT2D eigenvalue weighted by Gasteiger charge is 2.24. The topological polar surface area (TPSA) is 34.1 Å². The molecule has 1 atom stereocenters. The van der Waals surface area contributed by atoms with E-state index < -0.39 is 0 Å². The maximum atomic E-state index is 11.9. The van der Waals surface area contributed by atoms with Crippen LogP contribution in [0.5, 0.6) is 0 Å². The van der Waals surface area contributed by atoms with Gasteiger partial charge >= 0.3 is 0 Å². The van der Waals surface area contributed by atoms with Crippen molar-refractivity contribution in [3.63, 3.8) is 0 Å². The van der Waals surface area contributed by atoms with Crippen LogP contribution in [0.2, 0.25) is 0 Å². The van der Waals surface area contributed by atoms with E-state index in [0.29, 0.717) is 12.8 Å². The Kier molecular flexibility index (Phi) is 3.50. The van der Waals surface area contributed by atoms with Gasteiger partial charge in [-0.1, -0.05) is 36.8 Å². The lowest BCUT2D eigenvalue weighted by molar-refractivity contribution is -0.124. The summed E-state index contributed by atoms with van der Waals surface area (Å²) < 4.78 is 0. The van der Waals surface area contributed by atoms with E-state index in [0.717, 1.165) is 24.8 Å². The normalized spacial score (nSPS) is 20.8. The van der Waals surface area contributed by atoms with Crippen molar-refractivity contribution < 1.29 is 9.59 Å². The molecule has 1 aromatic rings. The van der Waals surface area contributed by atoms with Gasteiger partial charge < -0.3 is 0 Å². The molecule has 2 rings (SSSR count). The number of rotatable bonds is 3. The Hall–Kier alpha value is -1.44. The zero-order chi connectivity index (χ0) is 11.4. The summed E-state index contributed by atoms with van der Waals surface area (Å²) >= 11 is 0. The van der Waals surface area contributed by atoms with E-state index in [-0.39, 0.29) is 17.5 Å². The lowest BCUT2D eigenvalue weighted by Crippen LogP contribution is -2.22. The molecule has 0 heterocycles. The van der Waals surface area contributed by atoms with Crippen LogP contribution in [-0.2, 0) is 4.79 Å². The van der Waals surface area contributed by atoms with Gasteiger partial charge in [0.2, 0.25) is 0 Å². The summed E-state index contributed by atoms with van der Waals surface area (Å²) in [7, 11) is 0. The predicted molar refractivity (Wildman–Crippen MR) is 62.4 cm³/mol. The van der Waals surface area contributed by atoms with Gasteiger partial charge in [-0.15, -0.1) is 0 Å². The van der Waals surface area contributed by atoms with Crippen molar-refractivity contribution in [1.29, 1.82) is 0 Å². The van der Waals surface area contributed by atoms with Crippen molar-refractivity contribution in [3.05, 3.63) is 35.9 Å². The van der Waals surface area contributed by atoms with Crippen LogP contribution >= 0.6 is 0 Å². The Morgan fingerprint density at radius 1 is 1.19 bits per heavy atom. The molecule has 0 aromatic heterocycles. The summed E-state index contributed by atoms with van der Waals surface area (Å²) in [6.45, 7) is 0. The Bertz CT molecular complexity index is 381. The third-order valence-electron chi connectivity index (χ3n) is 3.21. The summed E-state index contributed by atoms with van der Waals surface area (Å²) in [6, 6.07) is 9.24. The standard InChI is InChI=1S/C14H16O2/c15-13-9-5-4-8-12(13)10-14(16)11-6-2-1-3-7-11/h1-3,6-7,12H,4-5,8-10H2/t12-/m0/s1. The molecule has 0 radical (unpaired) electrons. The molecular formula is C14H16O2. The molecule has 2 heteroatoms. The van der Waals surface area contributed by atoms with Crippen molar-refractivity contribution in [2.24, 2.45) is 5.92 Å². The zero-order valence-electron chi connectivity index (χ0n) is 9.32. The van der Waals surface area contributed by atoms with Gasteiger partial charge in [0.05, 0.1) is 0 Å². The van der Waals surface area contributed by atoms with Crippen molar-refractivity contribution in [3.8, 4) is 0 Å². The Morgan fingerprint density at radius 3 is 2.62 bits per heavy atom. The highest BCUT2D eigenvalue weighted by Crippen LogP contribution is 2.24. The van der Waals surface area contributed by atoms with Crippen LogP contribution in [0, 0.1) is 5.92 Å². The summed E-state index contributed by atoms with van der Waals surface area (Å²) in [5.74, 6) is 0.345. The number of hydrogen-bond donors (Lipinski definition) is 0. The maximum Gasteiger partial charge on any atom is 0.163 e. The lowest BCUT2D eigenvalue weighted by Gasteiger charge is -2.19. The number of ketones is 2. The van der Waals surface area contributed by atoms with E-state index in [1.54, 1.807) is 0 Å². The van der Waals surface area contributed by atoms with Crippen LogP contribution in [0.15, 0.2) is 30.3 Å². The van der Waals surface area contributed by atoms with E-state index >= 15 is 0 Å². The zero-order valence-corrected chi connectivity index (χ0v) is 9.32. The molecule has 0 spiro atoms. The quantitative estimate of drug-likeness (QED) is 0.728. The van der Waals surface area contributed by atoms with Crippen molar-refractivity contribution in [2.45, 2.75) is 32.1 Å². The third-order valence-corrected chi connectivity index (χ3v) is 3.21. The molecule has 0 aliphatic heterocycles. The first-order valence-corrected chi connectivity index (χ1v) is 5.88. The van der Waals surface area contributed by atoms with Gasteiger partial charge in [0.25, 0.3) is 0 Å². The summed E-state index contributed by atoms with van der Waals surface area (Å²) in [4.78, 5) is 23.5. The minimum absolute atomic E-state index is 0.0264. The van der Waals surface area contributed by atoms with E-state index in [2.05, 4.69) is 0 Å². The van der Waals surface area contributed by atoms with Gasteiger partial charge in [0, 0.05) is 24.3 Å². The summed E-state index contributed by atoms with van der Waals surface area (Å²) in [5, 5.41) is 0. The number of carbonyl (C=O) groups is 2. The fourth-order valence-corrected chi connectivity index (χ4v) is 2.24. The number of hydrogen-bond acceptors (Lipinski definition) is 2. The van der Waals surface area contributed by atoms with E-state index in [9.17, 15) is 9.59 Å². The molecule has 1 aliphatic carbocycles. The van der Waals surface area contributed by atoms with Crippen LogP contribution < -0.4 is 0 Å². The predicted octanol–water partition coefficient (Wildman–Crippen LogP) is 3.02. The molecule has 1 fully saturated rings. The summed E-state index contributed by atoms with van der Waals surface area (Å²) in [5.41, 5.74) is 0.723. The molecule has 1 saturated carbocycles. The number of benzene rings is 1. The van der Waals surface area contributed by atoms with Crippen LogP contribution in [0.25, 0.3) is 0 Å². The molecule has 0 saturated heterocycles. The van der Waals surface area contributed by atoms with E-state index in [1.165, 1.54) is 0 Å². The van der Waals surface area contributed by atoms with E-state index in [4.69, 9.17) is 0 Å². The fraction of sp³-hybridized carbons (Fsp3) is 0.429. The molecule has 1 aromatic carbocycles. The molecule has 16 heavy (non-hydrogen) atoms. The van der Waals surface area contributed by atoms with E-state index in [1.807, 2.05) is 30.3 Å². The molecule has 0 amide bonds. The van der Waals surface area contributed by atoms with Gasteiger partial charge in [-0.2, -0.15) is 0 Å². The fourth-order valence-electron chi connectivity index (χ4n) is 2.24. The molecule has 84 valence electrons. The van der Waals surface area contributed by atoms with Crippen molar-refractivity contribution in [2.75, 3.05) is 0 Å². The second-order valence-electron chi connectivity index (χ2n) is 4.40. The lowest BCUT2D eigenvalue weighted by atomic mass is 9.83. The van der Waals surface area contributed by atoms with Gasteiger partial charge in [0.15, 0.2) is 5.78 Å². The SMILES string of the molecule is O=C(C[C@@H]1CCCCC1=O)c1ccccc1. The molecule has 1 aliphatic rings. The Balaban J connectivity index is 1.99. The molecule has 2 nitrogen and oxygen atoms in total. The molecular weight excluding hydrogens is 200 g/mol. The molecule has 0 unspecified atom stereocenters. The largest absolute Gasteiger partial charge is 0.299 e. The number of Topliss-reactive ketones (excluding diaryl/α,β-unsaturated/α-hetero) is 2. The average Bonchev–Trinajstić information content (AvgIpc) is 2.33. The minimum Gasteiger partial charge on any atom is -0.299 e. The van der Waals surface area contributed by atoms with Gasteiger partial charge in [-0.3, -0.25) is 9.59 Å². The van der Waals surface area contributed by atoms with Gasteiger partial charge in [-0.05, 0) is 12.8 Å². The highest BCUT2D eigenvalue weighted by molar-refractivity contribution is 5.98. The first kappa shape index (κ1) is 11.1. The van der Waals surface area contributed by atoms with Gasteiger partial charge in [-0.25, -0.2) is 0 Å². The van der Waals surface area contributed by atoms with Crippen molar-refractivity contribution in [1.82, 2.24) is 0 Å². The Morgan fingerprint density at radius 2 is 1.94 bits per heavy atom. The first-order valence-electron chi connectivity index (χ1n) is 5.88. The minimum atomic E-state index is -0.0264. The second kappa shape index (κ2) is 5.06. The molecule has 0 N–H and O–H groups in total. The van der Waals surface area contributed by atoms with Crippen LogP contribution in [0.4, 0.5) is 0 Å². The maximum absolute atomic E-state index is 11.9. The van der Waals surface area contributed by atoms with Crippen LogP contribution in [-0.4, -0.2) is 11.6 Å². The third kappa shape index (κ3) is 2.57. The highest BCUT2D eigenvalue weighted by atomic mass is 16.1. The monoisotopic (exact) mass is 216 g/mol. The first-order chi connectivity index (χ1) is 7.77. The summed E-state index contributed by atoms with van der Waals surface area (Å²) in [6.07, 6.45) is 4.01. The smallest absolute Gasteiger partial charge is 0.163 e. The van der Waals surface area contributed by atoms with Crippen LogP contribution in [0.3, 0.4) is 0 Å². The second-order valence-corrected chi connectivity index (χ2v) is 4.40. The average molecular weight is 216 g/mol. The number of carbonyl (C=O) groups excluding carboxylic acids is 2. The van der Waals surface area contributed by atoms with Crippen molar-refractivity contribution >= 4 is 11.6 Å². The molecule has 0 bridgehead atoms. The van der Waals surface area contributed by atoms with Gasteiger partial charge in [0.1, 0.15) is 5.78 Å². The Labute approximate surface area is 95.7 Å². The van der Waals surface area contributed by atoms with Crippen LogP contribution in [0.1, 0.15) is 42.5 Å².